The molecule has 4 unspecified atom stereocenters. The maximum absolute atomic E-state index is 12.5. The molecule has 20 heavy (non-hydrogen) atoms. The zero-order chi connectivity index (χ0) is 13.9. The van der Waals surface area contributed by atoms with Gasteiger partial charge < -0.3 is 15.8 Å². The summed E-state index contributed by atoms with van der Waals surface area (Å²) in [5.41, 5.74) is 7.19. The molecule has 4 rings (SSSR count). The number of ether oxygens (including phenoxy) is 1. The number of methoxy groups -OCH3 is 1. The maximum atomic E-state index is 12.5. The minimum absolute atomic E-state index is 0.150. The fourth-order valence-electron chi connectivity index (χ4n) is 4.66. The highest BCUT2D eigenvalue weighted by molar-refractivity contribution is 5.97. The number of amides is 1. The smallest absolute Gasteiger partial charge is 0.228 e. The first-order valence-corrected chi connectivity index (χ1v) is 7.43. The number of nitrogens with two attached hydrogens (primary N) is 1. The van der Waals surface area contributed by atoms with Crippen molar-refractivity contribution in [1.82, 2.24) is 0 Å². The molecule has 3 N–H and O–H groups in total. The second kappa shape index (κ2) is 4.14. The average Bonchev–Trinajstić information content (AvgIpc) is 2.90. The van der Waals surface area contributed by atoms with Crippen molar-refractivity contribution in [3.05, 3.63) is 18.2 Å². The number of benzene rings is 1. The molecule has 0 radical (unpaired) electrons. The van der Waals surface area contributed by atoms with E-state index in [2.05, 4.69) is 5.32 Å². The second-order valence-corrected chi connectivity index (χ2v) is 6.46. The molecule has 106 valence electrons. The molecular formula is C16H20N2O2. The predicted molar refractivity (Wildman–Crippen MR) is 77.3 cm³/mol. The van der Waals surface area contributed by atoms with Crippen molar-refractivity contribution in [1.29, 1.82) is 0 Å². The summed E-state index contributed by atoms with van der Waals surface area (Å²) < 4.78 is 5.18. The highest BCUT2D eigenvalue weighted by atomic mass is 16.5. The topological polar surface area (TPSA) is 64.3 Å². The number of nitrogen functional groups attached to an aromatic ring is 1. The van der Waals surface area contributed by atoms with Crippen LogP contribution in [0.2, 0.25) is 0 Å². The highest BCUT2D eigenvalue weighted by Crippen LogP contribution is 2.69. The zero-order valence-corrected chi connectivity index (χ0v) is 11.6. The Balaban J connectivity index is 1.49. The lowest BCUT2D eigenvalue weighted by molar-refractivity contribution is -0.118. The highest BCUT2D eigenvalue weighted by Gasteiger charge is 2.67. The van der Waals surface area contributed by atoms with Crippen molar-refractivity contribution in [2.75, 3.05) is 18.2 Å². The van der Waals surface area contributed by atoms with Crippen molar-refractivity contribution in [3.63, 3.8) is 0 Å². The molecule has 3 saturated carbocycles. The van der Waals surface area contributed by atoms with E-state index in [0.29, 0.717) is 29.0 Å². The molecule has 0 heterocycles. The zero-order valence-electron chi connectivity index (χ0n) is 11.6. The second-order valence-electron chi connectivity index (χ2n) is 6.46. The SMILES string of the molecule is COc1ccc(N)c(NC(=O)C2C3C4CCC(C4)C23)c1. The van der Waals surface area contributed by atoms with Crippen LogP contribution in [0.5, 0.6) is 5.75 Å². The van der Waals surface area contributed by atoms with Crippen molar-refractivity contribution >= 4 is 17.3 Å². The molecule has 1 aromatic rings. The van der Waals surface area contributed by atoms with Gasteiger partial charge in [-0.3, -0.25) is 4.79 Å². The third kappa shape index (κ3) is 1.63. The first kappa shape index (κ1) is 12.1. The Morgan fingerprint density at radius 2 is 2.00 bits per heavy atom. The number of rotatable bonds is 3. The lowest BCUT2D eigenvalue weighted by Gasteiger charge is -2.12. The van der Waals surface area contributed by atoms with E-state index < -0.39 is 0 Å². The van der Waals surface area contributed by atoms with Gasteiger partial charge in [0, 0.05) is 12.0 Å². The van der Waals surface area contributed by atoms with Crippen LogP contribution in [-0.4, -0.2) is 13.0 Å². The Morgan fingerprint density at radius 3 is 2.65 bits per heavy atom. The Labute approximate surface area is 118 Å². The lowest BCUT2D eigenvalue weighted by atomic mass is 10.0. The van der Waals surface area contributed by atoms with Crippen LogP contribution in [-0.2, 0) is 4.79 Å². The summed E-state index contributed by atoms with van der Waals surface area (Å²) in [6.07, 6.45) is 4.02. The van der Waals surface area contributed by atoms with Crippen LogP contribution >= 0.6 is 0 Å². The van der Waals surface area contributed by atoms with Crippen LogP contribution < -0.4 is 15.8 Å². The molecule has 4 atom stereocenters. The number of hydrogen-bond acceptors (Lipinski definition) is 3. The van der Waals surface area contributed by atoms with Crippen molar-refractivity contribution < 1.29 is 9.53 Å². The molecule has 0 aromatic heterocycles. The lowest BCUT2D eigenvalue weighted by Crippen LogP contribution is -2.19. The van der Waals surface area contributed by atoms with Gasteiger partial charge in [-0.2, -0.15) is 0 Å². The van der Waals surface area contributed by atoms with E-state index in [1.165, 1.54) is 19.3 Å². The Kier molecular flexibility index (Phi) is 2.50. The van der Waals surface area contributed by atoms with Gasteiger partial charge in [-0.05, 0) is 55.1 Å². The molecule has 0 aliphatic heterocycles. The summed E-state index contributed by atoms with van der Waals surface area (Å²) in [6.45, 7) is 0. The van der Waals surface area contributed by atoms with Gasteiger partial charge in [0.05, 0.1) is 18.5 Å². The van der Waals surface area contributed by atoms with Crippen LogP contribution in [0.1, 0.15) is 19.3 Å². The van der Waals surface area contributed by atoms with Gasteiger partial charge in [0.2, 0.25) is 5.91 Å². The number of carbonyl (C=O) groups is 1. The van der Waals surface area contributed by atoms with E-state index in [-0.39, 0.29) is 11.8 Å². The van der Waals surface area contributed by atoms with Gasteiger partial charge in [0.1, 0.15) is 5.75 Å². The quantitative estimate of drug-likeness (QED) is 0.831. The minimum atomic E-state index is 0.150. The molecular weight excluding hydrogens is 252 g/mol. The van der Waals surface area contributed by atoms with Crippen LogP contribution in [0, 0.1) is 29.6 Å². The van der Waals surface area contributed by atoms with Gasteiger partial charge in [0.25, 0.3) is 0 Å². The molecule has 0 saturated heterocycles. The Bertz CT molecular complexity index is 556. The largest absolute Gasteiger partial charge is 0.497 e. The molecule has 3 aliphatic rings. The van der Waals surface area contributed by atoms with E-state index in [4.69, 9.17) is 10.5 Å². The van der Waals surface area contributed by atoms with Crippen molar-refractivity contribution in [2.24, 2.45) is 29.6 Å². The number of nitrogens with one attached hydrogen (secondary N) is 1. The Hall–Kier alpha value is -1.71. The molecule has 1 aromatic carbocycles. The number of carbonyl (C=O) groups excluding carboxylic acids is 1. The normalized spacial score (nSPS) is 36.5. The summed E-state index contributed by atoms with van der Waals surface area (Å²) in [5, 5.41) is 3.00. The number of anilines is 2. The van der Waals surface area contributed by atoms with Gasteiger partial charge in [-0.15, -0.1) is 0 Å². The van der Waals surface area contributed by atoms with E-state index in [9.17, 15) is 4.79 Å². The first-order chi connectivity index (χ1) is 9.69. The summed E-state index contributed by atoms with van der Waals surface area (Å²) in [5.74, 6) is 4.02. The average molecular weight is 272 g/mol. The number of fused-ring (bicyclic) bond motifs is 5. The van der Waals surface area contributed by atoms with Crippen molar-refractivity contribution in [3.8, 4) is 5.75 Å². The maximum Gasteiger partial charge on any atom is 0.228 e. The van der Waals surface area contributed by atoms with Crippen LogP contribution in [0.4, 0.5) is 11.4 Å². The van der Waals surface area contributed by atoms with Crippen LogP contribution in [0.15, 0.2) is 18.2 Å². The third-order valence-electron chi connectivity index (χ3n) is 5.56. The van der Waals surface area contributed by atoms with Crippen molar-refractivity contribution in [2.45, 2.75) is 19.3 Å². The van der Waals surface area contributed by atoms with Crippen LogP contribution in [0.25, 0.3) is 0 Å². The van der Waals surface area contributed by atoms with E-state index in [0.717, 1.165) is 11.8 Å². The van der Waals surface area contributed by atoms with Gasteiger partial charge >= 0.3 is 0 Å². The Morgan fingerprint density at radius 1 is 1.30 bits per heavy atom. The monoisotopic (exact) mass is 272 g/mol. The molecule has 2 bridgehead atoms. The van der Waals surface area contributed by atoms with Gasteiger partial charge in [-0.25, -0.2) is 0 Å². The summed E-state index contributed by atoms with van der Waals surface area (Å²) in [6, 6.07) is 5.36. The van der Waals surface area contributed by atoms with E-state index >= 15 is 0 Å². The third-order valence-corrected chi connectivity index (χ3v) is 5.56. The summed E-state index contributed by atoms with van der Waals surface area (Å²) in [4.78, 5) is 12.5. The van der Waals surface area contributed by atoms with E-state index in [1.54, 1.807) is 25.3 Å². The molecule has 0 spiro atoms. The first-order valence-electron chi connectivity index (χ1n) is 7.43. The standard InChI is InChI=1S/C16H20N2O2/c1-20-10-4-5-11(17)12(7-10)18-16(19)15-13-8-2-3-9(6-8)14(13)15/h4-5,7-9,13-15H,2-3,6,17H2,1H3,(H,18,19). The fraction of sp³-hybridized carbons (Fsp3) is 0.562. The predicted octanol–water partition coefficient (Wildman–Crippen LogP) is 2.51. The minimum Gasteiger partial charge on any atom is -0.497 e. The molecule has 1 amide bonds. The van der Waals surface area contributed by atoms with Crippen LogP contribution in [0.3, 0.4) is 0 Å². The summed E-state index contributed by atoms with van der Waals surface area (Å²) in [7, 11) is 1.61. The summed E-state index contributed by atoms with van der Waals surface area (Å²) >= 11 is 0. The molecule has 3 fully saturated rings. The van der Waals surface area contributed by atoms with E-state index in [1.807, 2.05) is 0 Å². The molecule has 3 aliphatic carbocycles. The van der Waals surface area contributed by atoms with Gasteiger partial charge in [-0.1, -0.05) is 0 Å². The molecule has 4 nitrogen and oxygen atoms in total. The number of hydrogen-bond donors (Lipinski definition) is 2. The fourth-order valence-corrected chi connectivity index (χ4v) is 4.66. The molecule has 4 heteroatoms. The van der Waals surface area contributed by atoms with Gasteiger partial charge in [0.15, 0.2) is 0 Å².